The van der Waals surface area contributed by atoms with E-state index in [4.69, 9.17) is 0 Å². The number of aryl methyl sites for hydroxylation is 1. The maximum absolute atomic E-state index is 12.8. The molecule has 0 radical (unpaired) electrons. The number of nitrogens with one attached hydrogen (secondary N) is 1. The van der Waals surface area contributed by atoms with Crippen LogP contribution in [-0.4, -0.2) is 53.1 Å². The number of piperidine rings is 1. The molecule has 2 aromatic heterocycles. The molecule has 1 amide bonds. The minimum atomic E-state index is -3.16. The fourth-order valence-electron chi connectivity index (χ4n) is 3.54. The van der Waals surface area contributed by atoms with Crippen molar-refractivity contribution in [2.75, 3.05) is 18.8 Å². The second-order valence-corrected chi connectivity index (χ2v) is 9.86. The molecule has 27 heavy (non-hydrogen) atoms. The Balaban J connectivity index is 1.65. The van der Waals surface area contributed by atoms with Crippen LogP contribution in [0.2, 0.25) is 0 Å². The number of hydrogen-bond acceptors (Lipinski definition) is 5. The van der Waals surface area contributed by atoms with Gasteiger partial charge in [0.1, 0.15) is 0 Å². The van der Waals surface area contributed by atoms with E-state index in [1.165, 1.54) is 11.3 Å². The van der Waals surface area contributed by atoms with Crippen LogP contribution >= 0.6 is 11.3 Å². The van der Waals surface area contributed by atoms with Gasteiger partial charge in [-0.25, -0.2) is 17.7 Å². The second-order valence-electron chi connectivity index (χ2n) is 6.90. The van der Waals surface area contributed by atoms with Gasteiger partial charge >= 0.3 is 0 Å². The maximum Gasteiger partial charge on any atom is 0.253 e. The van der Waals surface area contributed by atoms with E-state index in [1.54, 1.807) is 10.5 Å². The van der Waals surface area contributed by atoms with Crippen LogP contribution in [-0.2, 0) is 10.0 Å². The molecule has 3 heterocycles. The summed E-state index contributed by atoms with van der Waals surface area (Å²) in [5.74, 6) is 0.0769. The lowest BCUT2D eigenvalue weighted by Crippen LogP contribution is -2.47. The number of sulfonamides is 1. The smallest absolute Gasteiger partial charge is 0.253 e. The van der Waals surface area contributed by atoms with Gasteiger partial charge in [0.25, 0.3) is 5.91 Å². The van der Waals surface area contributed by atoms with Gasteiger partial charge in [-0.3, -0.25) is 9.36 Å². The summed E-state index contributed by atoms with van der Waals surface area (Å²) in [6, 6.07) is 1.88. The second kappa shape index (κ2) is 8.12. The number of hydrogen-bond donors (Lipinski definition) is 1. The first kappa shape index (κ1) is 20.0. The molecule has 148 valence electrons. The van der Waals surface area contributed by atoms with Crippen LogP contribution in [0.4, 0.5) is 0 Å². The van der Waals surface area contributed by atoms with Crippen LogP contribution in [0.1, 0.15) is 47.9 Å². The normalized spacial score (nSPS) is 16.6. The van der Waals surface area contributed by atoms with E-state index in [-0.39, 0.29) is 17.7 Å². The Morgan fingerprint density at radius 3 is 2.63 bits per heavy atom. The van der Waals surface area contributed by atoms with Crippen LogP contribution in [0.25, 0.3) is 5.13 Å². The lowest BCUT2D eigenvalue weighted by Gasteiger charge is -2.31. The van der Waals surface area contributed by atoms with Gasteiger partial charge in [-0.05, 0) is 39.2 Å². The van der Waals surface area contributed by atoms with Crippen molar-refractivity contribution in [2.24, 2.45) is 0 Å². The molecule has 0 spiro atoms. The van der Waals surface area contributed by atoms with E-state index in [1.807, 2.05) is 36.8 Å². The van der Waals surface area contributed by atoms with Crippen LogP contribution in [0.3, 0.4) is 0 Å². The highest BCUT2D eigenvalue weighted by Crippen LogP contribution is 2.23. The number of thiazole rings is 1. The van der Waals surface area contributed by atoms with Gasteiger partial charge in [0.2, 0.25) is 10.0 Å². The summed E-state index contributed by atoms with van der Waals surface area (Å²) in [4.78, 5) is 17.1. The number of carbonyl (C=O) groups is 1. The average molecular weight is 411 g/mol. The Morgan fingerprint density at radius 1 is 1.33 bits per heavy atom. The number of nitrogens with zero attached hydrogens (tertiary/aromatic N) is 3. The van der Waals surface area contributed by atoms with Crippen molar-refractivity contribution in [3.8, 4) is 5.13 Å². The molecular formula is C18H26N4O3S2. The Kier molecular flexibility index (Phi) is 6.02. The third kappa shape index (κ3) is 4.25. The van der Waals surface area contributed by atoms with Crippen molar-refractivity contribution in [1.82, 2.24) is 19.2 Å². The zero-order chi connectivity index (χ0) is 19.6. The molecule has 0 unspecified atom stereocenters. The first-order chi connectivity index (χ1) is 12.8. The van der Waals surface area contributed by atoms with Crippen molar-refractivity contribution < 1.29 is 13.2 Å². The van der Waals surface area contributed by atoms with Crippen molar-refractivity contribution in [3.05, 3.63) is 34.6 Å². The number of rotatable bonds is 6. The van der Waals surface area contributed by atoms with Crippen LogP contribution < -0.4 is 5.32 Å². The molecule has 0 atom stereocenters. The average Bonchev–Trinajstić information content (AvgIpc) is 3.23. The lowest BCUT2D eigenvalue weighted by atomic mass is 10.1. The minimum Gasteiger partial charge on any atom is -0.349 e. The number of aromatic nitrogens is 2. The quantitative estimate of drug-likeness (QED) is 0.793. The van der Waals surface area contributed by atoms with Crippen molar-refractivity contribution >= 4 is 27.3 Å². The molecule has 1 fully saturated rings. The molecule has 1 aliphatic heterocycles. The minimum absolute atomic E-state index is 0.00602. The molecule has 1 aliphatic rings. The van der Waals surface area contributed by atoms with E-state index >= 15 is 0 Å². The fraction of sp³-hybridized carbons (Fsp3) is 0.556. The van der Waals surface area contributed by atoms with Crippen LogP contribution in [0.5, 0.6) is 0 Å². The van der Waals surface area contributed by atoms with Crippen LogP contribution in [0, 0.1) is 13.8 Å². The predicted octanol–water partition coefficient (Wildman–Crippen LogP) is 2.48. The van der Waals surface area contributed by atoms with Gasteiger partial charge in [0.05, 0.1) is 11.3 Å². The van der Waals surface area contributed by atoms with Gasteiger partial charge in [0.15, 0.2) is 5.13 Å². The molecule has 0 aromatic carbocycles. The third-order valence-corrected chi connectivity index (χ3v) is 7.76. The third-order valence-electron chi connectivity index (χ3n) is 4.93. The van der Waals surface area contributed by atoms with Gasteiger partial charge < -0.3 is 5.32 Å². The van der Waals surface area contributed by atoms with Crippen LogP contribution in [0.15, 0.2) is 17.6 Å². The first-order valence-corrected chi connectivity index (χ1v) is 11.7. The lowest BCUT2D eigenvalue weighted by molar-refractivity contribution is 0.0923. The molecule has 3 rings (SSSR count). The SMILES string of the molecule is CCCS(=O)(=O)N1CCC(NC(=O)c2cc(C)n(-c3nccs3)c2C)CC1. The summed E-state index contributed by atoms with van der Waals surface area (Å²) < 4.78 is 27.9. The Morgan fingerprint density at radius 2 is 2.04 bits per heavy atom. The van der Waals surface area contributed by atoms with Gasteiger partial charge in [-0.2, -0.15) is 0 Å². The molecule has 7 nitrogen and oxygen atoms in total. The molecular weight excluding hydrogens is 384 g/mol. The van der Waals surface area contributed by atoms with Gasteiger partial charge in [0, 0.05) is 42.1 Å². The zero-order valence-electron chi connectivity index (χ0n) is 15.9. The molecule has 2 aromatic rings. The van der Waals surface area contributed by atoms with Crippen molar-refractivity contribution in [1.29, 1.82) is 0 Å². The summed E-state index contributed by atoms with van der Waals surface area (Å²) >= 11 is 1.53. The molecule has 0 bridgehead atoms. The van der Waals surface area contributed by atoms with E-state index in [0.717, 1.165) is 16.5 Å². The number of amides is 1. The zero-order valence-corrected chi connectivity index (χ0v) is 17.6. The first-order valence-electron chi connectivity index (χ1n) is 9.21. The highest BCUT2D eigenvalue weighted by Gasteiger charge is 2.28. The Hall–Kier alpha value is -1.71. The summed E-state index contributed by atoms with van der Waals surface area (Å²) in [6.45, 7) is 6.68. The molecule has 9 heteroatoms. The molecule has 0 saturated carbocycles. The van der Waals surface area contributed by atoms with Gasteiger partial charge in [-0.15, -0.1) is 11.3 Å². The topological polar surface area (TPSA) is 84.3 Å². The highest BCUT2D eigenvalue weighted by molar-refractivity contribution is 7.89. The monoisotopic (exact) mass is 410 g/mol. The summed E-state index contributed by atoms with van der Waals surface area (Å²) in [5.41, 5.74) is 2.47. The number of carbonyl (C=O) groups excluding carboxylic acids is 1. The van der Waals surface area contributed by atoms with Crippen molar-refractivity contribution in [3.63, 3.8) is 0 Å². The largest absolute Gasteiger partial charge is 0.349 e. The van der Waals surface area contributed by atoms with Crippen molar-refractivity contribution in [2.45, 2.75) is 46.1 Å². The van der Waals surface area contributed by atoms with E-state index < -0.39 is 10.0 Å². The Labute approximate surface area is 164 Å². The Bertz CT molecular complexity index is 895. The summed E-state index contributed by atoms with van der Waals surface area (Å²) in [5, 5.41) is 5.83. The maximum atomic E-state index is 12.8. The summed E-state index contributed by atoms with van der Waals surface area (Å²) in [7, 11) is -3.16. The molecule has 1 N–H and O–H groups in total. The van der Waals surface area contributed by atoms with E-state index in [0.29, 0.717) is 37.9 Å². The van der Waals surface area contributed by atoms with E-state index in [9.17, 15) is 13.2 Å². The standard InChI is InChI=1S/C18H26N4O3S2/c1-4-11-27(24,25)21-8-5-15(6-9-21)20-17(23)16-12-13(2)22(14(16)3)18-19-7-10-26-18/h7,10,12,15H,4-6,8-9,11H2,1-3H3,(H,20,23). The predicted molar refractivity (Wildman–Crippen MR) is 107 cm³/mol. The van der Waals surface area contributed by atoms with Gasteiger partial charge in [-0.1, -0.05) is 6.92 Å². The molecule has 0 aliphatic carbocycles. The molecule has 1 saturated heterocycles. The fourth-order valence-corrected chi connectivity index (χ4v) is 5.83. The summed E-state index contributed by atoms with van der Waals surface area (Å²) in [6.07, 6.45) is 3.65. The van der Waals surface area contributed by atoms with E-state index in [2.05, 4.69) is 10.3 Å². The highest BCUT2D eigenvalue weighted by atomic mass is 32.2.